The van der Waals surface area contributed by atoms with E-state index in [1.54, 1.807) is 10.4 Å². The Balaban J connectivity index is 1.72. The second-order valence-electron chi connectivity index (χ2n) is 5.94. The van der Waals surface area contributed by atoms with Gasteiger partial charge in [-0.15, -0.1) is 11.3 Å². The van der Waals surface area contributed by atoms with E-state index in [1.807, 2.05) is 29.5 Å². The maximum Gasteiger partial charge on any atom is 0.0453 e. The Morgan fingerprint density at radius 1 is 1.10 bits per heavy atom. The van der Waals surface area contributed by atoms with E-state index >= 15 is 0 Å². The van der Waals surface area contributed by atoms with Gasteiger partial charge in [-0.1, -0.05) is 29.8 Å². The maximum atomic E-state index is 6.29. The van der Waals surface area contributed by atoms with Gasteiger partial charge in [0.1, 0.15) is 0 Å². The highest BCUT2D eigenvalue weighted by molar-refractivity contribution is 7.12. The van der Waals surface area contributed by atoms with E-state index in [0.717, 1.165) is 5.02 Å². The zero-order valence-electron chi connectivity index (χ0n) is 12.7. The second kappa shape index (κ2) is 6.51. The minimum absolute atomic E-state index is 0.257. The molecule has 0 spiro atoms. The van der Waals surface area contributed by atoms with Crippen molar-refractivity contribution in [2.45, 2.75) is 51.6 Å². The lowest BCUT2D eigenvalue weighted by atomic mass is 9.99. The number of fused-ring (bicyclic) bond motifs is 1. The van der Waals surface area contributed by atoms with Gasteiger partial charge >= 0.3 is 0 Å². The maximum absolute atomic E-state index is 6.29. The molecule has 0 radical (unpaired) electrons. The topological polar surface area (TPSA) is 12.0 Å². The van der Waals surface area contributed by atoms with Crippen LogP contribution in [0.4, 0.5) is 0 Å². The molecule has 0 aliphatic heterocycles. The van der Waals surface area contributed by atoms with E-state index in [-0.39, 0.29) is 6.04 Å². The molecule has 1 aliphatic rings. The molecule has 2 aromatic rings. The van der Waals surface area contributed by atoms with Crippen LogP contribution in [0.5, 0.6) is 0 Å². The molecule has 0 amide bonds. The van der Waals surface area contributed by atoms with Gasteiger partial charge in [-0.2, -0.15) is 0 Å². The molecule has 1 aromatic carbocycles. The molecule has 0 saturated heterocycles. The Kier molecular flexibility index (Phi) is 4.68. The van der Waals surface area contributed by atoms with Crippen molar-refractivity contribution in [2.75, 3.05) is 0 Å². The van der Waals surface area contributed by atoms with Gasteiger partial charge in [0.2, 0.25) is 0 Å². The molecule has 0 fully saturated rings. The predicted octanol–water partition coefficient (Wildman–Crippen LogP) is 5.69. The second-order valence-corrected chi connectivity index (χ2v) is 7.51. The molecule has 3 rings (SSSR count). The first kappa shape index (κ1) is 15.1. The van der Waals surface area contributed by atoms with Gasteiger partial charge in [0, 0.05) is 26.9 Å². The van der Waals surface area contributed by atoms with Crippen LogP contribution in [0.3, 0.4) is 0 Å². The lowest BCUT2D eigenvalue weighted by molar-refractivity contribution is 0.500. The van der Waals surface area contributed by atoms with Gasteiger partial charge in [0.15, 0.2) is 0 Å². The van der Waals surface area contributed by atoms with Gasteiger partial charge in [-0.25, -0.2) is 0 Å². The Morgan fingerprint density at radius 3 is 2.62 bits per heavy atom. The number of nitrogens with one attached hydrogen (secondary N) is 1. The fraction of sp³-hybridized carbons (Fsp3) is 0.444. The molecule has 1 nitrogen and oxygen atoms in total. The van der Waals surface area contributed by atoms with Crippen LogP contribution in [0, 0.1) is 0 Å². The summed E-state index contributed by atoms with van der Waals surface area (Å²) in [5, 5.41) is 4.53. The summed E-state index contributed by atoms with van der Waals surface area (Å²) in [7, 11) is 0. The quantitative estimate of drug-likeness (QED) is 0.763. The number of aryl methyl sites for hydroxylation is 2. The van der Waals surface area contributed by atoms with Crippen molar-refractivity contribution in [1.82, 2.24) is 5.32 Å². The molecular weight excluding hydrogens is 298 g/mol. The van der Waals surface area contributed by atoms with E-state index in [0.29, 0.717) is 6.04 Å². The molecule has 1 unspecified atom stereocenters. The van der Waals surface area contributed by atoms with Crippen molar-refractivity contribution in [3.05, 3.63) is 56.2 Å². The minimum atomic E-state index is 0.257. The van der Waals surface area contributed by atoms with Gasteiger partial charge in [-0.05, 0) is 62.8 Å². The minimum Gasteiger partial charge on any atom is -0.303 e. The van der Waals surface area contributed by atoms with Crippen LogP contribution in [-0.4, -0.2) is 0 Å². The fourth-order valence-electron chi connectivity index (χ4n) is 3.10. The lowest BCUT2D eigenvalue weighted by Gasteiger charge is -2.20. The lowest BCUT2D eigenvalue weighted by Crippen LogP contribution is -2.22. The smallest absolute Gasteiger partial charge is 0.0453 e. The van der Waals surface area contributed by atoms with E-state index in [1.165, 1.54) is 36.1 Å². The Labute approximate surface area is 136 Å². The first-order valence-electron chi connectivity index (χ1n) is 7.77. The van der Waals surface area contributed by atoms with Crippen molar-refractivity contribution in [3.8, 4) is 0 Å². The summed E-state index contributed by atoms with van der Waals surface area (Å²) in [5.74, 6) is 0. The highest BCUT2D eigenvalue weighted by atomic mass is 35.5. The Bertz CT molecular complexity index is 596. The number of rotatable bonds is 4. The number of halogens is 1. The predicted molar refractivity (Wildman–Crippen MR) is 92.4 cm³/mol. The van der Waals surface area contributed by atoms with Crippen molar-refractivity contribution >= 4 is 22.9 Å². The van der Waals surface area contributed by atoms with Crippen LogP contribution < -0.4 is 5.32 Å². The molecule has 2 atom stereocenters. The monoisotopic (exact) mass is 319 g/mol. The van der Waals surface area contributed by atoms with E-state index < -0.39 is 0 Å². The zero-order valence-corrected chi connectivity index (χ0v) is 14.2. The van der Waals surface area contributed by atoms with Crippen molar-refractivity contribution < 1.29 is 0 Å². The van der Waals surface area contributed by atoms with Gasteiger partial charge < -0.3 is 5.32 Å². The van der Waals surface area contributed by atoms with Crippen molar-refractivity contribution in [1.29, 1.82) is 0 Å². The van der Waals surface area contributed by atoms with Crippen LogP contribution in [0.1, 0.15) is 59.7 Å². The Morgan fingerprint density at radius 2 is 1.86 bits per heavy atom. The summed E-state index contributed by atoms with van der Waals surface area (Å²) in [6.45, 7) is 4.44. The molecule has 0 bridgehead atoms. The molecule has 3 heteroatoms. The SMILES string of the molecule is CC(N[C@@H](C)c1ccccc1Cl)c1cc2c(s1)CCCC2. The number of benzene rings is 1. The van der Waals surface area contributed by atoms with Crippen molar-refractivity contribution in [3.63, 3.8) is 0 Å². The fourth-order valence-corrected chi connectivity index (χ4v) is 4.67. The third-order valence-electron chi connectivity index (χ3n) is 4.31. The number of thiophene rings is 1. The molecule has 1 heterocycles. The summed E-state index contributed by atoms with van der Waals surface area (Å²) in [6.07, 6.45) is 5.23. The van der Waals surface area contributed by atoms with Crippen LogP contribution in [0.2, 0.25) is 5.02 Å². The summed E-state index contributed by atoms with van der Waals surface area (Å²) >= 11 is 8.28. The molecule has 112 valence electrons. The standard InChI is InChI=1S/C18H22ClNS/c1-12(15-8-4-5-9-16(15)19)20-13(2)18-11-14-7-3-6-10-17(14)21-18/h4-5,8-9,11-13,20H,3,6-7,10H2,1-2H3/t12-,13?/m0/s1. The first-order chi connectivity index (χ1) is 10.1. The average Bonchev–Trinajstić information content (AvgIpc) is 2.91. The molecule has 1 N–H and O–H groups in total. The highest BCUT2D eigenvalue weighted by Crippen LogP contribution is 2.34. The van der Waals surface area contributed by atoms with Gasteiger partial charge in [-0.3, -0.25) is 0 Å². The number of hydrogen-bond acceptors (Lipinski definition) is 2. The normalized spacial score (nSPS) is 17.3. The van der Waals surface area contributed by atoms with Crippen LogP contribution in [-0.2, 0) is 12.8 Å². The molecular formula is C18H22ClNS. The average molecular weight is 320 g/mol. The van der Waals surface area contributed by atoms with Crippen LogP contribution in [0.25, 0.3) is 0 Å². The largest absolute Gasteiger partial charge is 0.303 e. The molecule has 21 heavy (non-hydrogen) atoms. The van der Waals surface area contributed by atoms with E-state index in [2.05, 4.69) is 31.3 Å². The van der Waals surface area contributed by atoms with Gasteiger partial charge in [0.05, 0.1) is 0 Å². The molecule has 1 aromatic heterocycles. The molecule has 1 aliphatic carbocycles. The molecule has 0 saturated carbocycles. The summed E-state index contributed by atoms with van der Waals surface area (Å²) in [4.78, 5) is 3.07. The third kappa shape index (κ3) is 3.33. The van der Waals surface area contributed by atoms with E-state index in [4.69, 9.17) is 11.6 Å². The van der Waals surface area contributed by atoms with E-state index in [9.17, 15) is 0 Å². The summed E-state index contributed by atoms with van der Waals surface area (Å²) in [6, 6.07) is 11.1. The Hall–Kier alpha value is -0.830. The summed E-state index contributed by atoms with van der Waals surface area (Å²) < 4.78 is 0. The van der Waals surface area contributed by atoms with Crippen LogP contribution in [0.15, 0.2) is 30.3 Å². The highest BCUT2D eigenvalue weighted by Gasteiger charge is 2.18. The van der Waals surface area contributed by atoms with Gasteiger partial charge in [0.25, 0.3) is 0 Å². The number of hydrogen-bond donors (Lipinski definition) is 1. The van der Waals surface area contributed by atoms with Crippen molar-refractivity contribution in [2.24, 2.45) is 0 Å². The first-order valence-corrected chi connectivity index (χ1v) is 8.96. The third-order valence-corrected chi connectivity index (χ3v) is 6.08. The van der Waals surface area contributed by atoms with Crippen LogP contribution >= 0.6 is 22.9 Å². The zero-order chi connectivity index (χ0) is 14.8. The summed E-state index contributed by atoms with van der Waals surface area (Å²) in [5.41, 5.74) is 2.76.